The van der Waals surface area contributed by atoms with E-state index in [-0.39, 0.29) is 0 Å². The van der Waals surface area contributed by atoms with Gasteiger partial charge in [0.25, 0.3) is 0 Å². The van der Waals surface area contributed by atoms with Gasteiger partial charge in [-0.25, -0.2) is 0 Å². The molecule has 0 aromatic heterocycles. The number of halogens is 1. The third kappa shape index (κ3) is 5.10. The smallest absolute Gasteiger partial charge is 0.0435 e. The minimum absolute atomic E-state index is 0.767. The normalized spacial score (nSPS) is 18.4. The van der Waals surface area contributed by atoms with E-state index in [0.717, 1.165) is 16.5 Å². The summed E-state index contributed by atoms with van der Waals surface area (Å²) >= 11 is 5.71. The lowest BCUT2D eigenvalue weighted by molar-refractivity contribution is 0.540. The van der Waals surface area contributed by atoms with Gasteiger partial charge in [-0.2, -0.15) is 0 Å². The van der Waals surface area contributed by atoms with Crippen molar-refractivity contribution in [1.82, 2.24) is 0 Å². The van der Waals surface area contributed by atoms with Gasteiger partial charge in [-0.15, -0.1) is 0 Å². The number of aryl methyl sites for hydroxylation is 1. The van der Waals surface area contributed by atoms with E-state index >= 15 is 0 Å². The van der Waals surface area contributed by atoms with Crippen molar-refractivity contribution in [3.8, 4) is 0 Å². The number of rotatable bonds is 1. The van der Waals surface area contributed by atoms with E-state index in [2.05, 4.69) is 26.5 Å². The summed E-state index contributed by atoms with van der Waals surface area (Å²) in [7, 11) is 0. The molecular formula is C17H23Cl. The molecule has 1 heteroatoms. The second-order valence-electron chi connectivity index (χ2n) is 5.12. The molecule has 0 saturated carbocycles. The van der Waals surface area contributed by atoms with Crippen LogP contribution in [0.25, 0.3) is 0 Å². The lowest BCUT2D eigenvalue weighted by Crippen LogP contribution is -2.04. The molecule has 18 heavy (non-hydrogen) atoms. The van der Waals surface area contributed by atoms with Crippen molar-refractivity contribution in [3.05, 3.63) is 58.7 Å². The van der Waals surface area contributed by atoms with Crippen LogP contribution >= 0.6 is 11.6 Å². The van der Waals surface area contributed by atoms with Gasteiger partial charge >= 0.3 is 0 Å². The fraction of sp³-hybridized carbons (Fsp3) is 0.412. The maximum atomic E-state index is 5.71. The molecule has 0 N–H and O–H groups in total. The molecule has 1 aromatic rings. The van der Waals surface area contributed by atoms with Gasteiger partial charge in [-0.1, -0.05) is 53.6 Å². The first-order valence-electron chi connectivity index (χ1n) is 6.53. The van der Waals surface area contributed by atoms with Crippen LogP contribution in [0.15, 0.2) is 48.1 Å². The first-order valence-corrected chi connectivity index (χ1v) is 6.90. The van der Waals surface area contributed by atoms with Crippen LogP contribution in [0.3, 0.4) is 0 Å². The molecule has 0 nitrogen and oxygen atoms in total. The highest BCUT2D eigenvalue weighted by atomic mass is 35.5. The summed E-state index contributed by atoms with van der Waals surface area (Å²) in [6.07, 6.45) is 6.17. The zero-order valence-corrected chi connectivity index (χ0v) is 12.4. The van der Waals surface area contributed by atoms with Crippen LogP contribution in [0.4, 0.5) is 0 Å². The summed E-state index contributed by atoms with van der Waals surface area (Å²) in [5, 5.41) is 0.840. The molecule has 2 rings (SSSR count). The van der Waals surface area contributed by atoms with Crippen LogP contribution in [-0.4, -0.2) is 0 Å². The molecule has 0 heterocycles. The zero-order chi connectivity index (χ0) is 13.5. The number of hydrogen-bond donors (Lipinski definition) is 0. The van der Waals surface area contributed by atoms with Crippen LogP contribution in [0.5, 0.6) is 0 Å². The Morgan fingerprint density at radius 1 is 1.28 bits per heavy atom. The molecule has 98 valence electrons. The molecule has 0 radical (unpaired) electrons. The Kier molecular flexibility index (Phi) is 6.21. The van der Waals surface area contributed by atoms with Crippen LogP contribution < -0.4 is 0 Å². The summed E-state index contributed by atoms with van der Waals surface area (Å²) in [6, 6.07) is 7.77. The average molecular weight is 263 g/mol. The lowest BCUT2D eigenvalue weighted by atomic mass is 9.86. The van der Waals surface area contributed by atoms with Crippen molar-refractivity contribution in [2.24, 2.45) is 5.92 Å². The van der Waals surface area contributed by atoms with Crippen molar-refractivity contribution in [1.29, 1.82) is 0 Å². The standard InChI is InChI=1S/C10H16.C7H7Cl/c1-8(2)10-6-4-9(3)5-7-10;1-6-4-2-3-5-7(6)8/h4,10H,1,5-7H2,2-3H3;2-5H,1H3/t10-;/m0./s1. The van der Waals surface area contributed by atoms with Gasteiger partial charge in [0.2, 0.25) is 0 Å². The van der Waals surface area contributed by atoms with Crippen molar-refractivity contribution in [2.75, 3.05) is 0 Å². The Labute approximate surface area is 116 Å². The first-order chi connectivity index (χ1) is 8.50. The van der Waals surface area contributed by atoms with Crippen molar-refractivity contribution >= 4 is 11.6 Å². The highest BCUT2D eigenvalue weighted by Gasteiger charge is 2.11. The third-order valence-electron chi connectivity index (χ3n) is 3.41. The van der Waals surface area contributed by atoms with E-state index < -0.39 is 0 Å². The van der Waals surface area contributed by atoms with Gasteiger partial charge in [-0.3, -0.25) is 0 Å². The largest absolute Gasteiger partial charge is 0.0998 e. The molecule has 1 atom stereocenters. The predicted octanol–water partition coefficient (Wildman–Crippen LogP) is 5.96. The van der Waals surface area contributed by atoms with E-state index in [4.69, 9.17) is 11.6 Å². The first kappa shape index (κ1) is 15.0. The predicted molar refractivity (Wildman–Crippen MR) is 82.1 cm³/mol. The van der Waals surface area contributed by atoms with E-state index in [9.17, 15) is 0 Å². The summed E-state index contributed by atoms with van der Waals surface area (Å²) in [6.45, 7) is 10.3. The van der Waals surface area contributed by atoms with Gasteiger partial charge in [0.05, 0.1) is 0 Å². The van der Waals surface area contributed by atoms with Crippen molar-refractivity contribution < 1.29 is 0 Å². The average Bonchev–Trinajstić information content (AvgIpc) is 2.34. The second kappa shape index (κ2) is 7.43. The quantitative estimate of drug-likeness (QED) is 0.548. The second-order valence-corrected chi connectivity index (χ2v) is 5.52. The minimum atomic E-state index is 0.767. The Morgan fingerprint density at radius 2 is 1.94 bits per heavy atom. The van der Waals surface area contributed by atoms with Gasteiger partial charge in [0, 0.05) is 5.02 Å². The van der Waals surface area contributed by atoms with Crippen molar-refractivity contribution in [2.45, 2.75) is 40.0 Å². The van der Waals surface area contributed by atoms with Crippen LogP contribution in [0.2, 0.25) is 5.02 Å². The van der Waals surface area contributed by atoms with E-state index in [1.165, 1.54) is 24.8 Å². The molecule has 0 unspecified atom stereocenters. The number of benzene rings is 1. The Balaban J connectivity index is 0.000000184. The zero-order valence-electron chi connectivity index (χ0n) is 11.7. The molecule has 0 spiro atoms. The molecule has 0 aliphatic heterocycles. The molecule has 0 amide bonds. The number of allylic oxidation sites excluding steroid dienone is 3. The van der Waals surface area contributed by atoms with Crippen molar-refractivity contribution in [3.63, 3.8) is 0 Å². The summed E-state index contributed by atoms with van der Waals surface area (Å²) in [4.78, 5) is 0. The minimum Gasteiger partial charge on any atom is -0.0998 e. The Hall–Kier alpha value is -1.01. The monoisotopic (exact) mass is 262 g/mol. The van der Waals surface area contributed by atoms with E-state index in [1.807, 2.05) is 31.2 Å². The molecule has 0 fully saturated rings. The van der Waals surface area contributed by atoms with Crippen LogP contribution in [0.1, 0.15) is 38.7 Å². The number of hydrogen-bond acceptors (Lipinski definition) is 0. The van der Waals surface area contributed by atoms with E-state index in [1.54, 1.807) is 5.57 Å². The molecule has 1 aromatic carbocycles. The summed E-state index contributed by atoms with van der Waals surface area (Å²) < 4.78 is 0. The van der Waals surface area contributed by atoms with Gasteiger partial charge in [0.15, 0.2) is 0 Å². The molecule has 1 aliphatic carbocycles. The molecular weight excluding hydrogens is 240 g/mol. The summed E-state index contributed by atoms with van der Waals surface area (Å²) in [5.41, 5.74) is 4.04. The molecule has 1 aliphatic rings. The Bertz CT molecular complexity index is 408. The highest BCUT2D eigenvalue weighted by Crippen LogP contribution is 2.27. The van der Waals surface area contributed by atoms with Crippen LogP contribution in [0, 0.1) is 12.8 Å². The third-order valence-corrected chi connectivity index (χ3v) is 3.84. The fourth-order valence-electron chi connectivity index (χ4n) is 1.96. The maximum Gasteiger partial charge on any atom is 0.0435 e. The highest BCUT2D eigenvalue weighted by molar-refractivity contribution is 6.31. The molecule has 0 saturated heterocycles. The SMILES string of the molecule is C=C(C)[C@H]1CC=C(C)CC1.Cc1ccccc1Cl. The maximum absolute atomic E-state index is 5.71. The Morgan fingerprint density at radius 3 is 2.33 bits per heavy atom. The van der Waals surface area contributed by atoms with Gasteiger partial charge < -0.3 is 0 Å². The fourth-order valence-corrected chi connectivity index (χ4v) is 2.10. The van der Waals surface area contributed by atoms with Gasteiger partial charge in [0.1, 0.15) is 0 Å². The van der Waals surface area contributed by atoms with E-state index in [0.29, 0.717) is 0 Å². The topological polar surface area (TPSA) is 0 Å². The van der Waals surface area contributed by atoms with Crippen LogP contribution in [-0.2, 0) is 0 Å². The summed E-state index contributed by atoms with van der Waals surface area (Å²) in [5.74, 6) is 0.767. The lowest BCUT2D eigenvalue weighted by Gasteiger charge is -2.19. The molecule has 0 bridgehead atoms. The van der Waals surface area contributed by atoms with Gasteiger partial charge in [-0.05, 0) is 57.6 Å².